The predicted octanol–water partition coefficient (Wildman–Crippen LogP) is 2.48. The van der Waals surface area contributed by atoms with Gasteiger partial charge in [-0.05, 0) is 50.4 Å². The molecule has 0 spiro atoms. The van der Waals surface area contributed by atoms with Gasteiger partial charge in [-0.3, -0.25) is 14.3 Å². The van der Waals surface area contributed by atoms with Crippen LogP contribution in [0.25, 0.3) is 16.9 Å². The van der Waals surface area contributed by atoms with Gasteiger partial charge in [0.1, 0.15) is 11.8 Å². The van der Waals surface area contributed by atoms with E-state index >= 15 is 0 Å². The molecule has 3 aromatic rings. The minimum atomic E-state index is -0.202. The number of para-hydroxylation sites is 1. The molecular formula is C23H27N5O2. The molecule has 1 aromatic carbocycles. The van der Waals surface area contributed by atoms with E-state index in [9.17, 15) is 9.90 Å². The lowest BCUT2D eigenvalue weighted by Crippen LogP contribution is -2.50. The summed E-state index contributed by atoms with van der Waals surface area (Å²) in [5.74, 6) is 0.0239. The topological polar surface area (TPSA) is 74.5 Å². The summed E-state index contributed by atoms with van der Waals surface area (Å²) < 4.78 is 1.93. The van der Waals surface area contributed by atoms with Crippen LogP contribution in [0.5, 0.6) is 0 Å². The van der Waals surface area contributed by atoms with Crippen LogP contribution in [-0.2, 0) is 0 Å². The maximum absolute atomic E-state index is 13.1. The number of likely N-dealkylation sites (tertiary alicyclic amines) is 2. The average molecular weight is 406 g/mol. The first-order valence-corrected chi connectivity index (χ1v) is 10.8. The monoisotopic (exact) mass is 405 g/mol. The molecule has 1 atom stereocenters. The lowest BCUT2D eigenvalue weighted by atomic mass is 9.98. The third-order valence-electron chi connectivity index (χ3n) is 6.37. The molecule has 2 saturated heterocycles. The van der Waals surface area contributed by atoms with Gasteiger partial charge in [0.2, 0.25) is 0 Å². The Kier molecular flexibility index (Phi) is 5.23. The number of imidazole rings is 1. The van der Waals surface area contributed by atoms with Crippen LogP contribution < -0.4 is 0 Å². The molecule has 2 fully saturated rings. The highest BCUT2D eigenvalue weighted by Crippen LogP contribution is 2.23. The number of aliphatic hydroxyl groups is 1. The zero-order valence-corrected chi connectivity index (χ0v) is 17.0. The lowest BCUT2D eigenvalue weighted by Gasteiger charge is -2.41. The molecule has 1 amide bonds. The molecule has 0 radical (unpaired) electrons. The zero-order valence-electron chi connectivity index (χ0n) is 17.0. The van der Waals surface area contributed by atoms with Gasteiger partial charge in [-0.15, -0.1) is 0 Å². The normalized spacial score (nSPS) is 21.2. The first kappa shape index (κ1) is 19.2. The Morgan fingerprint density at radius 1 is 1.03 bits per heavy atom. The highest BCUT2D eigenvalue weighted by atomic mass is 16.3. The van der Waals surface area contributed by atoms with Crippen LogP contribution in [0, 0.1) is 0 Å². The number of benzene rings is 1. The van der Waals surface area contributed by atoms with Crippen molar-refractivity contribution in [1.29, 1.82) is 0 Å². The quantitative estimate of drug-likeness (QED) is 0.725. The summed E-state index contributed by atoms with van der Waals surface area (Å²) in [7, 11) is 0. The number of aliphatic hydroxyl groups excluding tert-OH is 1. The molecule has 1 N–H and O–H groups in total. The number of pyridine rings is 1. The Bertz CT molecular complexity index is 1030. The Morgan fingerprint density at radius 3 is 2.60 bits per heavy atom. The third kappa shape index (κ3) is 3.70. The average Bonchev–Trinajstić information content (AvgIpc) is 3.22. The molecule has 156 valence electrons. The summed E-state index contributed by atoms with van der Waals surface area (Å²) in [6.45, 7) is 3.31. The number of nitrogens with zero attached hydrogens (tertiary/aromatic N) is 5. The molecule has 0 saturated carbocycles. The van der Waals surface area contributed by atoms with Crippen molar-refractivity contribution in [1.82, 2.24) is 24.3 Å². The van der Waals surface area contributed by atoms with E-state index in [-0.39, 0.29) is 12.0 Å². The molecule has 7 nitrogen and oxygen atoms in total. The van der Waals surface area contributed by atoms with Crippen LogP contribution in [0.1, 0.15) is 36.0 Å². The Labute approximate surface area is 176 Å². The molecule has 5 rings (SSSR count). The number of hydrogen-bond acceptors (Lipinski definition) is 5. The van der Waals surface area contributed by atoms with Crippen LogP contribution >= 0.6 is 0 Å². The number of carbonyl (C=O) groups is 1. The summed E-state index contributed by atoms with van der Waals surface area (Å²) in [5, 5.41) is 9.94. The molecule has 2 aromatic heterocycles. The second-order valence-corrected chi connectivity index (χ2v) is 8.33. The van der Waals surface area contributed by atoms with Crippen molar-refractivity contribution in [3.8, 4) is 5.69 Å². The van der Waals surface area contributed by atoms with Gasteiger partial charge >= 0.3 is 0 Å². The van der Waals surface area contributed by atoms with E-state index in [4.69, 9.17) is 0 Å². The van der Waals surface area contributed by atoms with E-state index in [0.717, 1.165) is 68.7 Å². The second kappa shape index (κ2) is 8.16. The molecule has 0 bridgehead atoms. The van der Waals surface area contributed by atoms with Gasteiger partial charge in [0.15, 0.2) is 5.65 Å². The number of carbonyl (C=O) groups excluding carboxylic acids is 1. The highest BCUT2D eigenvalue weighted by molar-refractivity contribution is 5.96. The van der Waals surface area contributed by atoms with Crippen LogP contribution in [-0.4, -0.2) is 73.7 Å². The smallest absolute Gasteiger partial charge is 0.255 e. The fraction of sp³-hybridized carbons (Fsp3) is 0.435. The van der Waals surface area contributed by atoms with Gasteiger partial charge in [0.25, 0.3) is 5.91 Å². The standard InChI is InChI=1S/C23H27N5O2/c29-20-7-4-10-27(15-20)18-8-11-26(12-9-18)23(30)17-13-21-22(24-14-17)28(16-25-21)19-5-2-1-3-6-19/h1-3,5-6,13-14,16,18,20,29H,4,7-12,15H2. The Balaban J connectivity index is 1.27. The zero-order chi connectivity index (χ0) is 20.5. The molecule has 1 unspecified atom stereocenters. The Hall–Kier alpha value is -2.77. The van der Waals surface area contributed by atoms with Crippen LogP contribution in [0.3, 0.4) is 0 Å². The largest absolute Gasteiger partial charge is 0.392 e. The third-order valence-corrected chi connectivity index (χ3v) is 6.37. The van der Waals surface area contributed by atoms with Crippen molar-refractivity contribution >= 4 is 17.1 Å². The molecule has 2 aliphatic rings. The summed E-state index contributed by atoms with van der Waals surface area (Å²) in [6, 6.07) is 12.3. The van der Waals surface area contributed by atoms with Crippen molar-refractivity contribution in [2.45, 2.75) is 37.8 Å². The fourth-order valence-electron chi connectivity index (χ4n) is 4.73. The molecule has 0 aliphatic carbocycles. The van der Waals surface area contributed by atoms with Crippen molar-refractivity contribution < 1.29 is 9.90 Å². The second-order valence-electron chi connectivity index (χ2n) is 8.33. The molecule has 4 heterocycles. The maximum Gasteiger partial charge on any atom is 0.255 e. The number of β-amino-alcohol motifs (C(OH)–C–C–N with tert-alkyl or cyclic N) is 1. The molecular weight excluding hydrogens is 378 g/mol. The molecule has 30 heavy (non-hydrogen) atoms. The van der Waals surface area contributed by atoms with Gasteiger partial charge < -0.3 is 10.0 Å². The van der Waals surface area contributed by atoms with E-state index in [1.807, 2.05) is 45.9 Å². The molecule has 7 heteroatoms. The SMILES string of the molecule is O=C(c1cnc2c(c1)ncn2-c1ccccc1)N1CCC(N2CCCC(O)C2)CC1. The predicted molar refractivity (Wildman–Crippen MR) is 115 cm³/mol. The minimum Gasteiger partial charge on any atom is -0.392 e. The minimum absolute atomic E-state index is 0.0239. The van der Waals surface area contributed by atoms with Gasteiger partial charge in [0.05, 0.1) is 11.7 Å². The van der Waals surface area contributed by atoms with Crippen LogP contribution in [0.2, 0.25) is 0 Å². The number of piperidine rings is 2. The van der Waals surface area contributed by atoms with E-state index in [1.165, 1.54) is 0 Å². The molecule has 2 aliphatic heterocycles. The van der Waals surface area contributed by atoms with Crippen molar-refractivity contribution in [2.75, 3.05) is 26.2 Å². The van der Waals surface area contributed by atoms with Crippen LogP contribution in [0.4, 0.5) is 0 Å². The maximum atomic E-state index is 13.1. The van der Waals surface area contributed by atoms with E-state index in [1.54, 1.807) is 12.5 Å². The van der Waals surface area contributed by atoms with Gasteiger partial charge in [-0.1, -0.05) is 18.2 Å². The number of rotatable bonds is 3. The van der Waals surface area contributed by atoms with Crippen molar-refractivity contribution in [3.05, 3.63) is 54.5 Å². The van der Waals surface area contributed by atoms with Gasteiger partial charge in [0, 0.05) is 37.6 Å². The van der Waals surface area contributed by atoms with Crippen molar-refractivity contribution in [3.63, 3.8) is 0 Å². The number of hydrogen-bond donors (Lipinski definition) is 1. The van der Waals surface area contributed by atoms with Crippen LogP contribution in [0.15, 0.2) is 48.9 Å². The summed E-state index contributed by atoms with van der Waals surface area (Å²) in [4.78, 5) is 26.4. The Morgan fingerprint density at radius 2 is 1.83 bits per heavy atom. The lowest BCUT2D eigenvalue weighted by molar-refractivity contribution is 0.0240. The fourth-order valence-corrected chi connectivity index (χ4v) is 4.73. The van der Waals surface area contributed by atoms with Gasteiger partial charge in [-0.25, -0.2) is 9.97 Å². The van der Waals surface area contributed by atoms with E-state index < -0.39 is 0 Å². The summed E-state index contributed by atoms with van der Waals surface area (Å²) in [5.41, 5.74) is 3.06. The first-order valence-electron chi connectivity index (χ1n) is 10.8. The number of fused-ring (bicyclic) bond motifs is 1. The highest BCUT2D eigenvalue weighted by Gasteiger charge is 2.30. The number of amides is 1. The van der Waals surface area contributed by atoms with Gasteiger partial charge in [-0.2, -0.15) is 0 Å². The van der Waals surface area contributed by atoms with E-state index in [2.05, 4.69) is 14.9 Å². The summed E-state index contributed by atoms with van der Waals surface area (Å²) >= 11 is 0. The van der Waals surface area contributed by atoms with Crippen molar-refractivity contribution in [2.24, 2.45) is 0 Å². The first-order chi connectivity index (χ1) is 14.7. The number of aromatic nitrogens is 3. The van der Waals surface area contributed by atoms with E-state index in [0.29, 0.717) is 11.6 Å². The summed E-state index contributed by atoms with van der Waals surface area (Å²) in [6.07, 6.45) is 7.09.